The molecule has 5 nitrogen and oxygen atoms in total. The van der Waals surface area contributed by atoms with Crippen LogP contribution in [0.2, 0.25) is 0 Å². The number of carbonyl (C=O) groups is 2. The van der Waals surface area contributed by atoms with Crippen molar-refractivity contribution < 1.29 is 9.59 Å². The first-order chi connectivity index (χ1) is 11.6. The van der Waals surface area contributed by atoms with E-state index in [-0.39, 0.29) is 17.7 Å². The standard InChI is InChI=1S/C19H23N3O2/c1-21-11-5-8-17(21)19(24)22-12-9-16(10-13-22)18(23)20-14-15-6-3-2-4-7-15/h2-8,11,16H,9-10,12-14H2,1H3,(H,20,23). The first-order valence-corrected chi connectivity index (χ1v) is 8.37. The predicted octanol–water partition coefficient (Wildman–Crippen LogP) is 2.19. The Morgan fingerprint density at radius 3 is 2.42 bits per heavy atom. The highest BCUT2D eigenvalue weighted by Crippen LogP contribution is 2.19. The van der Waals surface area contributed by atoms with Crippen LogP contribution in [0.4, 0.5) is 0 Å². The van der Waals surface area contributed by atoms with Gasteiger partial charge < -0.3 is 14.8 Å². The van der Waals surface area contributed by atoms with Crippen molar-refractivity contribution in [3.8, 4) is 0 Å². The van der Waals surface area contributed by atoms with Crippen molar-refractivity contribution in [3.05, 3.63) is 59.9 Å². The summed E-state index contributed by atoms with van der Waals surface area (Å²) in [7, 11) is 1.87. The van der Waals surface area contributed by atoms with Gasteiger partial charge in [0, 0.05) is 38.8 Å². The van der Waals surface area contributed by atoms with E-state index in [0.717, 1.165) is 18.4 Å². The zero-order valence-corrected chi connectivity index (χ0v) is 13.9. The minimum atomic E-state index is -0.00817. The van der Waals surface area contributed by atoms with E-state index in [9.17, 15) is 9.59 Å². The second kappa shape index (κ2) is 7.34. The summed E-state index contributed by atoms with van der Waals surface area (Å²) in [6.07, 6.45) is 3.31. The Bertz CT molecular complexity index is 700. The highest BCUT2D eigenvalue weighted by Gasteiger charge is 2.28. The molecule has 0 radical (unpaired) electrons. The number of aryl methyl sites for hydroxylation is 1. The zero-order valence-electron chi connectivity index (χ0n) is 13.9. The van der Waals surface area contributed by atoms with Gasteiger partial charge in [0.25, 0.3) is 5.91 Å². The van der Waals surface area contributed by atoms with E-state index < -0.39 is 0 Å². The van der Waals surface area contributed by atoms with Crippen LogP contribution in [-0.4, -0.2) is 34.4 Å². The van der Waals surface area contributed by atoms with Gasteiger partial charge in [-0.15, -0.1) is 0 Å². The van der Waals surface area contributed by atoms with E-state index in [1.165, 1.54) is 0 Å². The largest absolute Gasteiger partial charge is 0.352 e. The van der Waals surface area contributed by atoms with Crippen molar-refractivity contribution >= 4 is 11.8 Å². The Morgan fingerprint density at radius 1 is 1.08 bits per heavy atom. The molecule has 0 atom stereocenters. The fraction of sp³-hybridized carbons (Fsp3) is 0.368. The summed E-state index contributed by atoms with van der Waals surface area (Å²) >= 11 is 0. The van der Waals surface area contributed by atoms with Crippen molar-refractivity contribution in [3.63, 3.8) is 0 Å². The molecule has 1 saturated heterocycles. The molecule has 1 aromatic carbocycles. The predicted molar refractivity (Wildman–Crippen MR) is 92.3 cm³/mol. The molecule has 1 fully saturated rings. The molecule has 5 heteroatoms. The molecule has 0 bridgehead atoms. The van der Waals surface area contributed by atoms with Crippen LogP contribution in [0.1, 0.15) is 28.9 Å². The fourth-order valence-corrected chi connectivity index (χ4v) is 3.12. The van der Waals surface area contributed by atoms with Crippen LogP contribution in [0.3, 0.4) is 0 Å². The van der Waals surface area contributed by atoms with Crippen LogP contribution in [0.5, 0.6) is 0 Å². The van der Waals surface area contributed by atoms with E-state index in [4.69, 9.17) is 0 Å². The first kappa shape index (κ1) is 16.3. The van der Waals surface area contributed by atoms with E-state index in [2.05, 4.69) is 5.32 Å². The van der Waals surface area contributed by atoms with Gasteiger partial charge in [-0.1, -0.05) is 30.3 Å². The Morgan fingerprint density at radius 2 is 1.79 bits per heavy atom. The van der Waals surface area contributed by atoms with Crippen molar-refractivity contribution in [2.75, 3.05) is 13.1 Å². The lowest BCUT2D eigenvalue weighted by Gasteiger charge is -2.31. The van der Waals surface area contributed by atoms with Gasteiger partial charge in [0.1, 0.15) is 5.69 Å². The number of hydrogen-bond acceptors (Lipinski definition) is 2. The number of hydrogen-bond donors (Lipinski definition) is 1. The average Bonchev–Trinajstić information content (AvgIpc) is 3.06. The number of nitrogens with one attached hydrogen (secondary N) is 1. The monoisotopic (exact) mass is 325 g/mol. The van der Waals surface area contributed by atoms with Gasteiger partial charge in [-0.25, -0.2) is 0 Å². The van der Waals surface area contributed by atoms with E-state index in [0.29, 0.717) is 25.3 Å². The third kappa shape index (κ3) is 3.67. The number of likely N-dealkylation sites (tertiary alicyclic amines) is 1. The molecule has 0 aliphatic carbocycles. The first-order valence-electron chi connectivity index (χ1n) is 8.37. The number of carbonyl (C=O) groups excluding carboxylic acids is 2. The molecule has 1 N–H and O–H groups in total. The number of rotatable bonds is 4. The SMILES string of the molecule is Cn1cccc1C(=O)N1CCC(C(=O)NCc2ccccc2)CC1. The Balaban J connectivity index is 1.49. The lowest BCUT2D eigenvalue weighted by Crippen LogP contribution is -2.43. The van der Waals surface area contributed by atoms with Crippen molar-refractivity contribution in [2.24, 2.45) is 13.0 Å². The molecule has 24 heavy (non-hydrogen) atoms. The molecule has 1 aliphatic rings. The summed E-state index contributed by atoms with van der Waals surface area (Å²) in [4.78, 5) is 26.6. The highest BCUT2D eigenvalue weighted by molar-refractivity contribution is 5.93. The Kier molecular flexibility index (Phi) is 4.99. The van der Waals surface area contributed by atoms with Crippen LogP contribution in [0, 0.1) is 5.92 Å². The van der Waals surface area contributed by atoms with Gasteiger partial charge in [-0.2, -0.15) is 0 Å². The van der Waals surface area contributed by atoms with Crippen LogP contribution in [0.25, 0.3) is 0 Å². The maximum absolute atomic E-state index is 12.5. The van der Waals surface area contributed by atoms with Gasteiger partial charge in [0.15, 0.2) is 0 Å². The van der Waals surface area contributed by atoms with Crippen LogP contribution >= 0.6 is 0 Å². The Hall–Kier alpha value is -2.56. The molecule has 2 aromatic rings. The second-order valence-electron chi connectivity index (χ2n) is 6.27. The fourth-order valence-electron chi connectivity index (χ4n) is 3.12. The average molecular weight is 325 g/mol. The number of nitrogens with zero attached hydrogens (tertiary/aromatic N) is 2. The van der Waals surface area contributed by atoms with E-state index in [1.54, 1.807) is 0 Å². The van der Waals surface area contributed by atoms with Crippen LogP contribution < -0.4 is 5.32 Å². The maximum atomic E-state index is 12.5. The summed E-state index contributed by atoms with van der Waals surface area (Å²) in [5, 5.41) is 3.00. The van der Waals surface area contributed by atoms with Crippen molar-refractivity contribution in [1.29, 1.82) is 0 Å². The molecule has 2 amide bonds. The number of piperidine rings is 1. The van der Waals surface area contributed by atoms with Gasteiger partial charge in [-0.3, -0.25) is 9.59 Å². The quantitative estimate of drug-likeness (QED) is 0.937. The smallest absolute Gasteiger partial charge is 0.270 e. The maximum Gasteiger partial charge on any atom is 0.270 e. The molecule has 0 unspecified atom stereocenters. The molecule has 0 spiro atoms. The van der Waals surface area contributed by atoms with E-state index >= 15 is 0 Å². The summed E-state index contributed by atoms with van der Waals surface area (Å²) in [6.45, 7) is 1.82. The summed E-state index contributed by atoms with van der Waals surface area (Å²) < 4.78 is 1.83. The summed E-state index contributed by atoms with van der Waals surface area (Å²) in [5.41, 5.74) is 1.80. The minimum absolute atomic E-state index is 0.00817. The molecule has 1 aliphatic heterocycles. The third-order valence-electron chi connectivity index (χ3n) is 4.63. The van der Waals surface area contributed by atoms with E-state index in [1.807, 2.05) is 65.2 Å². The number of benzene rings is 1. The Labute approximate surface area is 142 Å². The molecular formula is C19H23N3O2. The molecular weight excluding hydrogens is 302 g/mol. The molecule has 2 heterocycles. The summed E-state index contributed by atoms with van der Waals surface area (Å²) in [5.74, 6) is 0.127. The number of aromatic nitrogens is 1. The normalized spacial score (nSPS) is 15.3. The lowest BCUT2D eigenvalue weighted by atomic mass is 9.95. The van der Waals surface area contributed by atoms with Gasteiger partial charge in [0.05, 0.1) is 0 Å². The third-order valence-corrected chi connectivity index (χ3v) is 4.63. The minimum Gasteiger partial charge on any atom is -0.352 e. The molecule has 126 valence electrons. The summed E-state index contributed by atoms with van der Waals surface area (Å²) in [6, 6.07) is 13.6. The zero-order chi connectivity index (χ0) is 16.9. The second-order valence-corrected chi connectivity index (χ2v) is 6.27. The van der Waals surface area contributed by atoms with Crippen molar-refractivity contribution in [2.45, 2.75) is 19.4 Å². The van der Waals surface area contributed by atoms with Gasteiger partial charge in [-0.05, 0) is 30.5 Å². The molecule has 1 aromatic heterocycles. The van der Waals surface area contributed by atoms with Crippen molar-refractivity contribution in [1.82, 2.24) is 14.8 Å². The van der Waals surface area contributed by atoms with Gasteiger partial charge >= 0.3 is 0 Å². The molecule has 0 saturated carbocycles. The van der Waals surface area contributed by atoms with Crippen LogP contribution in [0.15, 0.2) is 48.7 Å². The van der Waals surface area contributed by atoms with Crippen LogP contribution in [-0.2, 0) is 18.4 Å². The highest BCUT2D eigenvalue weighted by atomic mass is 16.2. The van der Waals surface area contributed by atoms with Gasteiger partial charge in [0.2, 0.25) is 5.91 Å². The molecule has 3 rings (SSSR count). The topological polar surface area (TPSA) is 54.3 Å². The lowest BCUT2D eigenvalue weighted by molar-refractivity contribution is -0.126. The number of amides is 2.